The summed E-state index contributed by atoms with van der Waals surface area (Å²) in [6.45, 7) is 2.01. The maximum atomic E-state index is 13.7. The van der Waals surface area contributed by atoms with Crippen LogP contribution in [0.3, 0.4) is 0 Å². The third kappa shape index (κ3) is 3.19. The maximum Gasteiger partial charge on any atom is 0.255 e. The van der Waals surface area contributed by atoms with E-state index in [0.717, 1.165) is 11.4 Å². The fourth-order valence-electron chi connectivity index (χ4n) is 1.78. The van der Waals surface area contributed by atoms with Crippen LogP contribution in [0.5, 0.6) is 0 Å². The van der Waals surface area contributed by atoms with Crippen molar-refractivity contribution in [3.63, 3.8) is 0 Å². The maximum absolute atomic E-state index is 13.7. The van der Waals surface area contributed by atoms with E-state index in [9.17, 15) is 9.18 Å². The zero-order valence-corrected chi connectivity index (χ0v) is 10.8. The van der Waals surface area contributed by atoms with E-state index in [0.29, 0.717) is 30.5 Å². The molecule has 0 saturated heterocycles. The molecule has 1 aromatic rings. The third-order valence-corrected chi connectivity index (χ3v) is 2.78. The summed E-state index contributed by atoms with van der Waals surface area (Å²) in [4.78, 5) is 11.7. The van der Waals surface area contributed by atoms with E-state index in [2.05, 4.69) is 17.1 Å². The number of nitrogens with zero attached hydrogens (tertiary/aromatic N) is 2. The van der Waals surface area contributed by atoms with Gasteiger partial charge < -0.3 is 0 Å². The highest BCUT2D eigenvalue weighted by molar-refractivity contribution is 6.04. The molecule has 19 heavy (non-hydrogen) atoms. The molecule has 0 fully saturated rings. The molecule has 0 aliphatic carbocycles. The molecule has 4 heteroatoms. The van der Waals surface area contributed by atoms with Gasteiger partial charge >= 0.3 is 0 Å². The Morgan fingerprint density at radius 2 is 2.16 bits per heavy atom. The molecule has 0 aromatic heterocycles. The summed E-state index contributed by atoms with van der Waals surface area (Å²) >= 11 is 0. The summed E-state index contributed by atoms with van der Waals surface area (Å²) in [5.74, 6) is 2.42. The van der Waals surface area contributed by atoms with Crippen LogP contribution in [-0.4, -0.2) is 16.6 Å². The lowest BCUT2D eigenvalue weighted by Gasteiger charge is -2.18. The Balaban J connectivity index is 2.27. The Hall–Kier alpha value is -2.15. The number of halogens is 1. The van der Waals surface area contributed by atoms with Crippen molar-refractivity contribution in [1.29, 1.82) is 0 Å². The highest BCUT2D eigenvalue weighted by Gasteiger charge is 2.21. The SMILES string of the molecule is CCCC#CN1N=C(c2ccccc2F)CCC1=O. The molecule has 1 aliphatic rings. The minimum Gasteiger partial charge on any atom is -0.272 e. The second-order valence-corrected chi connectivity index (χ2v) is 4.27. The van der Waals surface area contributed by atoms with Gasteiger partial charge in [0.1, 0.15) is 5.82 Å². The van der Waals surface area contributed by atoms with Crippen LogP contribution in [0, 0.1) is 17.8 Å². The molecule has 0 spiro atoms. The largest absolute Gasteiger partial charge is 0.272 e. The molecule has 0 bridgehead atoms. The van der Waals surface area contributed by atoms with E-state index < -0.39 is 0 Å². The van der Waals surface area contributed by atoms with Crippen LogP contribution in [0.1, 0.15) is 38.2 Å². The van der Waals surface area contributed by atoms with Gasteiger partial charge in [0.25, 0.3) is 5.91 Å². The third-order valence-electron chi connectivity index (χ3n) is 2.78. The molecule has 0 N–H and O–H groups in total. The monoisotopic (exact) mass is 258 g/mol. The van der Waals surface area contributed by atoms with E-state index >= 15 is 0 Å². The highest BCUT2D eigenvalue weighted by atomic mass is 19.1. The van der Waals surface area contributed by atoms with Crippen molar-refractivity contribution in [2.75, 3.05) is 0 Å². The fraction of sp³-hybridized carbons (Fsp3) is 0.333. The minimum atomic E-state index is -0.322. The highest BCUT2D eigenvalue weighted by Crippen LogP contribution is 2.17. The first-order valence-corrected chi connectivity index (χ1v) is 6.36. The van der Waals surface area contributed by atoms with E-state index in [1.807, 2.05) is 6.92 Å². The molecule has 1 aliphatic heterocycles. The standard InChI is InChI=1S/C15H15FN2O/c1-2-3-6-11-18-15(19)10-9-14(17-18)12-7-4-5-8-13(12)16/h4-5,7-8H,2-3,9-10H2,1H3. The topological polar surface area (TPSA) is 32.7 Å². The Morgan fingerprint density at radius 1 is 1.37 bits per heavy atom. The molecule has 1 amide bonds. The number of benzene rings is 1. The van der Waals surface area contributed by atoms with Gasteiger partial charge in [0.2, 0.25) is 0 Å². The van der Waals surface area contributed by atoms with Crippen LogP contribution < -0.4 is 0 Å². The Labute approximate surface area is 112 Å². The number of carbonyl (C=O) groups is 1. The summed E-state index contributed by atoms with van der Waals surface area (Å²) in [6.07, 6.45) is 2.41. The van der Waals surface area contributed by atoms with Gasteiger partial charge in [-0.1, -0.05) is 31.0 Å². The van der Waals surface area contributed by atoms with Crippen molar-refractivity contribution < 1.29 is 9.18 Å². The van der Waals surface area contributed by atoms with Crippen molar-refractivity contribution in [2.24, 2.45) is 5.10 Å². The Morgan fingerprint density at radius 3 is 2.89 bits per heavy atom. The van der Waals surface area contributed by atoms with Crippen LogP contribution in [0.4, 0.5) is 4.39 Å². The van der Waals surface area contributed by atoms with Gasteiger partial charge in [-0.3, -0.25) is 4.79 Å². The zero-order valence-electron chi connectivity index (χ0n) is 10.8. The summed E-state index contributed by atoms with van der Waals surface area (Å²) in [6, 6.07) is 9.16. The average Bonchev–Trinajstić information content (AvgIpc) is 2.42. The minimum absolute atomic E-state index is 0.135. The summed E-state index contributed by atoms with van der Waals surface area (Å²) in [7, 11) is 0. The van der Waals surface area contributed by atoms with Crippen molar-refractivity contribution >= 4 is 11.6 Å². The Kier molecular flexibility index (Phi) is 4.30. The summed E-state index contributed by atoms with van der Waals surface area (Å²) < 4.78 is 13.7. The van der Waals surface area contributed by atoms with E-state index in [1.165, 1.54) is 6.07 Å². The molecule has 3 nitrogen and oxygen atoms in total. The van der Waals surface area contributed by atoms with Gasteiger partial charge in [-0.15, -0.1) is 0 Å². The van der Waals surface area contributed by atoms with Crippen molar-refractivity contribution in [2.45, 2.75) is 32.6 Å². The smallest absolute Gasteiger partial charge is 0.255 e. The molecule has 0 saturated carbocycles. The number of unbranched alkanes of at least 4 members (excludes halogenated alkanes) is 1. The van der Waals surface area contributed by atoms with Gasteiger partial charge in [0.15, 0.2) is 0 Å². The average molecular weight is 258 g/mol. The van der Waals surface area contributed by atoms with Gasteiger partial charge in [0.05, 0.1) is 5.71 Å². The molecule has 0 atom stereocenters. The van der Waals surface area contributed by atoms with Crippen LogP contribution in [-0.2, 0) is 4.79 Å². The molecule has 1 heterocycles. The second-order valence-electron chi connectivity index (χ2n) is 4.27. The molecular formula is C15H15FN2O. The molecule has 2 rings (SSSR count). The Bertz CT molecular complexity index is 569. The van der Waals surface area contributed by atoms with E-state index in [4.69, 9.17) is 0 Å². The van der Waals surface area contributed by atoms with Gasteiger partial charge in [-0.25, -0.2) is 4.39 Å². The van der Waals surface area contributed by atoms with Crippen molar-refractivity contribution in [3.05, 3.63) is 35.6 Å². The lowest BCUT2D eigenvalue weighted by molar-refractivity contribution is -0.128. The first-order valence-electron chi connectivity index (χ1n) is 6.36. The summed E-state index contributed by atoms with van der Waals surface area (Å²) in [5, 5.41) is 5.29. The second kappa shape index (κ2) is 6.14. The van der Waals surface area contributed by atoms with Crippen molar-refractivity contribution in [1.82, 2.24) is 5.01 Å². The van der Waals surface area contributed by atoms with E-state index in [1.54, 1.807) is 18.2 Å². The van der Waals surface area contributed by atoms with Gasteiger partial charge in [-0.05, 0) is 12.5 Å². The van der Waals surface area contributed by atoms with Crippen LogP contribution in [0.2, 0.25) is 0 Å². The number of amides is 1. The number of hydrogen-bond acceptors (Lipinski definition) is 2. The predicted octanol–water partition coefficient (Wildman–Crippen LogP) is 2.91. The molecule has 98 valence electrons. The van der Waals surface area contributed by atoms with Crippen molar-refractivity contribution in [3.8, 4) is 12.0 Å². The van der Waals surface area contributed by atoms with Gasteiger partial charge in [-0.2, -0.15) is 10.1 Å². The fourth-order valence-corrected chi connectivity index (χ4v) is 1.78. The first-order chi connectivity index (χ1) is 9.22. The van der Waals surface area contributed by atoms with Crippen LogP contribution >= 0.6 is 0 Å². The summed E-state index contributed by atoms with van der Waals surface area (Å²) in [5.41, 5.74) is 1.01. The number of hydrogen-bond donors (Lipinski definition) is 0. The van der Waals surface area contributed by atoms with Gasteiger partial charge in [0, 0.05) is 30.9 Å². The molecule has 1 aromatic carbocycles. The molecule has 0 radical (unpaired) electrons. The predicted molar refractivity (Wildman–Crippen MR) is 71.7 cm³/mol. The number of carbonyl (C=O) groups excluding carboxylic acids is 1. The van der Waals surface area contributed by atoms with Crippen LogP contribution in [0.25, 0.3) is 0 Å². The number of rotatable bonds is 2. The molecular weight excluding hydrogens is 243 g/mol. The first kappa shape index (κ1) is 13.3. The normalized spacial score (nSPS) is 14.7. The molecule has 0 unspecified atom stereocenters. The lowest BCUT2D eigenvalue weighted by atomic mass is 10.0. The zero-order chi connectivity index (χ0) is 13.7. The van der Waals surface area contributed by atoms with E-state index in [-0.39, 0.29) is 11.7 Å². The van der Waals surface area contributed by atoms with Crippen LogP contribution in [0.15, 0.2) is 29.4 Å². The quantitative estimate of drug-likeness (QED) is 0.751. The lowest BCUT2D eigenvalue weighted by Crippen LogP contribution is -2.28. The number of hydrazone groups is 1.